The van der Waals surface area contributed by atoms with Crippen molar-refractivity contribution in [2.24, 2.45) is 0 Å². The average molecular weight is 277 g/mol. The molecule has 2 rings (SSSR count). The lowest BCUT2D eigenvalue weighted by Crippen LogP contribution is -2.33. The molecule has 0 radical (unpaired) electrons. The Balaban J connectivity index is 1.89. The van der Waals surface area contributed by atoms with E-state index in [0.29, 0.717) is 12.4 Å². The lowest BCUT2D eigenvalue weighted by molar-refractivity contribution is 0.323. The Morgan fingerprint density at radius 3 is 2.60 bits per heavy atom. The molecule has 0 bridgehead atoms. The Kier molecular flexibility index (Phi) is 4.54. The predicted molar refractivity (Wildman–Crippen MR) is 76.4 cm³/mol. The van der Waals surface area contributed by atoms with Gasteiger partial charge in [0.25, 0.3) is 0 Å². The SMILES string of the molecule is Cc1cnn([C@@H](C)[C@@H](C)NCc2nc(C(C)C)no2)c1. The Hall–Kier alpha value is -1.69. The lowest BCUT2D eigenvalue weighted by Gasteiger charge is -2.20. The van der Waals surface area contributed by atoms with Crippen LogP contribution in [0.3, 0.4) is 0 Å². The van der Waals surface area contributed by atoms with Crippen molar-refractivity contribution in [3.63, 3.8) is 0 Å². The third-order valence-electron chi connectivity index (χ3n) is 3.45. The number of nitrogens with one attached hydrogen (secondary N) is 1. The summed E-state index contributed by atoms with van der Waals surface area (Å²) in [7, 11) is 0. The van der Waals surface area contributed by atoms with Crippen molar-refractivity contribution in [2.45, 2.75) is 59.2 Å². The molecule has 0 unspecified atom stereocenters. The van der Waals surface area contributed by atoms with Crippen LogP contribution in [0.2, 0.25) is 0 Å². The summed E-state index contributed by atoms with van der Waals surface area (Å²) in [5.74, 6) is 1.67. The van der Waals surface area contributed by atoms with Crippen LogP contribution in [-0.2, 0) is 6.54 Å². The van der Waals surface area contributed by atoms with Crippen molar-refractivity contribution in [2.75, 3.05) is 0 Å². The molecule has 20 heavy (non-hydrogen) atoms. The fraction of sp³-hybridized carbons (Fsp3) is 0.643. The van der Waals surface area contributed by atoms with Gasteiger partial charge in [0.15, 0.2) is 5.82 Å². The molecular weight excluding hydrogens is 254 g/mol. The Bertz CT molecular complexity index is 545. The fourth-order valence-corrected chi connectivity index (χ4v) is 1.88. The Labute approximate surface area is 119 Å². The first kappa shape index (κ1) is 14.7. The summed E-state index contributed by atoms with van der Waals surface area (Å²) in [5, 5.41) is 11.7. The predicted octanol–water partition coefficient (Wildman–Crippen LogP) is 2.44. The highest BCUT2D eigenvalue weighted by Crippen LogP contribution is 2.12. The quantitative estimate of drug-likeness (QED) is 0.878. The molecule has 2 aromatic rings. The minimum absolute atomic E-state index is 0.253. The van der Waals surface area contributed by atoms with Gasteiger partial charge in [0, 0.05) is 18.2 Å². The van der Waals surface area contributed by atoms with E-state index >= 15 is 0 Å². The van der Waals surface area contributed by atoms with Crippen molar-refractivity contribution in [3.05, 3.63) is 29.7 Å². The van der Waals surface area contributed by atoms with E-state index in [1.165, 1.54) is 5.56 Å². The molecule has 0 spiro atoms. The fourth-order valence-electron chi connectivity index (χ4n) is 1.88. The van der Waals surface area contributed by atoms with Gasteiger partial charge < -0.3 is 9.84 Å². The van der Waals surface area contributed by atoms with Crippen LogP contribution >= 0.6 is 0 Å². The van der Waals surface area contributed by atoms with E-state index < -0.39 is 0 Å². The van der Waals surface area contributed by atoms with Crippen molar-refractivity contribution in [1.29, 1.82) is 0 Å². The second kappa shape index (κ2) is 6.17. The zero-order valence-electron chi connectivity index (χ0n) is 12.8. The van der Waals surface area contributed by atoms with Gasteiger partial charge in [0.2, 0.25) is 5.89 Å². The van der Waals surface area contributed by atoms with Gasteiger partial charge in [-0.2, -0.15) is 10.1 Å². The molecule has 0 fully saturated rings. The first-order valence-corrected chi connectivity index (χ1v) is 7.04. The summed E-state index contributed by atoms with van der Waals surface area (Å²) >= 11 is 0. The first-order chi connectivity index (χ1) is 9.47. The largest absolute Gasteiger partial charge is 0.338 e. The molecule has 0 aliphatic rings. The highest BCUT2D eigenvalue weighted by molar-refractivity contribution is 5.01. The van der Waals surface area contributed by atoms with E-state index in [1.807, 2.05) is 37.8 Å². The van der Waals surface area contributed by atoms with Crippen LogP contribution in [0.5, 0.6) is 0 Å². The Morgan fingerprint density at radius 2 is 2.05 bits per heavy atom. The minimum atomic E-state index is 0.253. The maximum atomic E-state index is 5.22. The van der Waals surface area contributed by atoms with E-state index in [-0.39, 0.29) is 18.0 Å². The van der Waals surface area contributed by atoms with Crippen LogP contribution in [0.15, 0.2) is 16.9 Å². The topological polar surface area (TPSA) is 68.8 Å². The van der Waals surface area contributed by atoms with Gasteiger partial charge >= 0.3 is 0 Å². The third kappa shape index (κ3) is 3.45. The van der Waals surface area contributed by atoms with Crippen LogP contribution in [-0.4, -0.2) is 26.0 Å². The molecule has 2 atom stereocenters. The van der Waals surface area contributed by atoms with Crippen LogP contribution in [0.1, 0.15) is 56.9 Å². The zero-order chi connectivity index (χ0) is 14.7. The molecule has 0 aromatic carbocycles. The molecule has 0 aliphatic heterocycles. The number of aryl methyl sites for hydroxylation is 1. The highest BCUT2D eigenvalue weighted by Gasteiger charge is 2.16. The maximum Gasteiger partial charge on any atom is 0.240 e. The molecule has 0 amide bonds. The van der Waals surface area contributed by atoms with Gasteiger partial charge in [-0.15, -0.1) is 0 Å². The summed E-state index contributed by atoms with van der Waals surface area (Å²) in [6.45, 7) is 11.0. The molecule has 6 nitrogen and oxygen atoms in total. The summed E-state index contributed by atoms with van der Waals surface area (Å²) in [4.78, 5) is 4.36. The van der Waals surface area contributed by atoms with Crippen LogP contribution < -0.4 is 5.32 Å². The molecule has 6 heteroatoms. The molecule has 2 heterocycles. The van der Waals surface area contributed by atoms with Crippen LogP contribution in [0.4, 0.5) is 0 Å². The second-order valence-electron chi connectivity index (χ2n) is 5.61. The van der Waals surface area contributed by atoms with Crippen molar-refractivity contribution >= 4 is 0 Å². The van der Waals surface area contributed by atoms with Gasteiger partial charge in [-0.05, 0) is 26.3 Å². The zero-order valence-corrected chi connectivity index (χ0v) is 12.8. The maximum absolute atomic E-state index is 5.22. The van der Waals surface area contributed by atoms with Crippen molar-refractivity contribution < 1.29 is 4.52 Å². The first-order valence-electron chi connectivity index (χ1n) is 7.04. The summed E-state index contributed by atoms with van der Waals surface area (Å²) in [5.41, 5.74) is 1.17. The van der Waals surface area contributed by atoms with Gasteiger partial charge in [0.05, 0.1) is 18.8 Å². The van der Waals surface area contributed by atoms with E-state index in [2.05, 4.69) is 34.4 Å². The molecule has 2 aromatic heterocycles. The monoisotopic (exact) mass is 277 g/mol. The Morgan fingerprint density at radius 1 is 1.30 bits per heavy atom. The van der Waals surface area contributed by atoms with Gasteiger partial charge in [-0.3, -0.25) is 4.68 Å². The summed E-state index contributed by atoms with van der Waals surface area (Å²) < 4.78 is 7.19. The number of hydrogen-bond acceptors (Lipinski definition) is 5. The smallest absolute Gasteiger partial charge is 0.240 e. The number of aromatic nitrogens is 4. The molecule has 110 valence electrons. The van der Waals surface area contributed by atoms with E-state index in [9.17, 15) is 0 Å². The molecule has 0 aliphatic carbocycles. The number of hydrogen-bond donors (Lipinski definition) is 1. The van der Waals surface area contributed by atoms with E-state index in [4.69, 9.17) is 4.52 Å². The van der Waals surface area contributed by atoms with Gasteiger partial charge in [0.1, 0.15) is 0 Å². The minimum Gasteiger partial charge on any atom is -0.338 e. The van der Waals surface area contributed by atoms with E-state index in [0.717, 1.165) is 5.82 Å². The molecule has 0 saturated heterocycles. The number of rotatable bonds is 6. The van der Waals surface area contributed by atoms with Crippen LogP contribution in [0, 0.1) is 6.92 Å². The normalized spacial score (nSPS) is 14.7. The second-order valence-corrected chi connectivity index (χ2v) is 5.61. The van der Waals surface area contributed by atoms with E-state index in [1.54, 1.807) is 0 Å². The molecule has 1 N–H and O–H groups in total. The van der Waals surface area contributed by atoms with Gasteiger partial charge in [-0.1, -0.05) is 19.0 Å². The van der Waals surface area contributed by atoms with Gasteiger partial charge in [-0.25, -0.2) is 0 Å². The molecule has 0 saturated carbocycles. The standard InChI is InChI=1S/C14H23N5O/c1-9(2)14-17-13(20-18-14)7-15-11(4)12(5)19-8-10(3)6-16-19/h6,8-9,11-12,15H,7H2,1-5H3/t11-,12+/m1/s1. The van der Waals surface area contributed by atoms with Crippen molar-refractivity contribution in [1.82, 2.24) is 25.2 Å². The highest BCUT2D eigenvalue weighted by atomic mass is 16.5. The summed E-state index contributed by atoms with van der Waals surface area (Å²) in [6, 6.07) is 0.514. The van der Waals surface area contributed by atoms with Crippen molar-refractivity contribution in [3.8, 4) is 0 Å². The van der Waals surface area contributed by atoms with Crippen LogP contribution in [0.25, 0.3) is 0 Å². The lowest BCUT2D eigenvalue weighted by atomic mass is 10.2. The molecular formula is C14H23N5O. The summed E-state index contributed by atoms with van der Waals surface area (Å²) in [6.07, 6.45) is 3.92. The number of nitrogens with zero attached hydrogens (tertiary/aromatic N) is 4. The average Bonchev–Trinajstić information content (AvgIpc) is 3.03. The third-order valence-corrected chi connectivity index (χ3v) is 3.45.